The zero-order chi connectivity index (χ0) is 16.1. The molecule has 1 aromatic carbocycles. The van der Waals surface area contributed by atoms with Crippen LogP contribution in [-0.4, -0.2) is 35.7 Å². The molecule has 0 spiro atoms. The predicted molar refractivity (Wildman–Crippen MR) is 80.9 cm³/mol. The van der Waals surface area contributed by atoms with E-state index in [2.05, 4.69) is 0 Å². The molecular weight excluding hydrogens is 284 g/mol. The van der Waals surface area contributed by atoms with Crippen molar-refractivity contribution >= 4 is 5.97 Å². The number of hydrogen-bond acceptors (Lipinski definition) is 5. The second kappa shape index (κ2) is 7.72. The maximum Gasteiger partial charge on any atom is 0.303 e. The molecule has 0 radical (unpaired) electrons. The molecule has 22 heavy (non-hydrogen) atoms. The Bertz CT molecular complexity index is 475. The van der Waals surface area contributed by atoms with Gasteiger partial charge in [-0.25, -0.2) is 0 Å². The first kappa shape index (κ1) is 16.9. The van der Waals surface area contributed by atoms with Crippen LogP contribution in [0.1, 0.15) is 32.8 Å². The van der Waals surface area contributed by atoms with Gasteiger partial charge in [0.1, 0.15) is 12.2 Å². The predicted octanol–water partition coefficient (Wildman–Crippen LogP) is 2.27. The zero-order valence-electron chi connectivity index (χ0n) is 13.3. The van der Waals surface area contributed by atoms with E-state index in [9.17, 15) is 9.90 Å². The molecule has 1 fully saturated rings. The first-order valence-electron chi connectivity index (χ1n) is 7.69. The lowest BCUT2D eigenvalue weighted by Crippen LogP contribution is -2.55. The highest BCUT2D eigenvalue weighted by molar-refractivity contribution is 5.66. The van der Waals surface area contributed by atoms with E-state index in [0.29, 0.717) is 6.61 Å². The highest BCUT2D eigenvalue weighted by Crippen LogP contribution is 2.31. The van der Waals surface area contributed by atoms with Crippen LogP contribution in [0.4, 0.5) is 0 Å². The minimum Gasteiger partial charge on any atom is -0.459 e. The van der Waals surface area contributed by atoms with Crippen molar-refractivity contribution in [2.75, 3.05) is 0 Å². The van der Waals surface area contributed by atoms with Crippen LogP contribution in [0.3, 0.4) is 0 Å². The van der Waals surface area contributed by atoms with Crippen molar-refractivity contribution < 1.29 is 24.1 Å². The Labute approximate surface area is 131 Å². The Morgan fingerprint density at radius 2 is 1.95 bits per heavy atom. The van der Waals surface area contributed by atoms with E-state index in [1.165, 1.54) is 6.92 Å². The average Bonchev–Trinajstić information content (AvgIpc) is 2.50. The smallest absolute Gasteiger partial charge is 0.303 e. The molecule has 122 valence electrons. The van der Waals surface area contributed by atoms with Crippen LogP contribution < -0.4 is 0 Å². The summed E-state index contributed by atoms with van der Waals surface area (Å²) in [5.74, 6) is -0.424. The van der Waals surface area contributed by atoms with E-state index >= 15 is 0 Å². The third-order valence-corrected chi connectivity index (χ3v) is 4.01. The number of carbonyl (C=O) groups is 1. The second-order valence-corrected chi connectivity index (χ2v) is 5.67. The van der Waals surface area contributed by atoms with Gasteiger partial charge in [-0.15, -0.1) is 0 Å². The van der Waals surface area contributed by atoms with Crippen molar-refractivity contribution in [3.05, 3.63) is 35.9 Å². The van der Waals surface area contributed by atoms with Gasteiger partial charge >= 0.3 is 5.97 Å². The Balaban J connectivity index is 2.09. The van der Waals surface area contributed by atoms with E-state index in [1.807, 2.05) is 44.2 Å². The summed E-state index contributed by atoms with van der Waals surface area (Å²) in [6, 6.07) is 9.65. The van der Waals surface area contributed by atoms with Crippen LogP contribution in [0, 0.1) is 5.92 Å². The van der Waals surface area contributed by atoms with Gasteiger partial charge in [0.25, 0.3) is 0 Å². The van der Waals surface area contributed by atoms with Gasteiger partial charge in [0.2, 0.25) is 0 Å². The summed E-state index contributed by atoms with van der Waals surface area (Å²) < 4.78 is 16.8. The molecule has 0 saturated carbocycles. The number of hydrogen-bond donors (Lipinski definition) is 1. The molecule has 0 amide bonds. The molecule has 1 saturated heterocycles. The summed E-state index contributed by atoms with van der Waals surface area (Å²) in [7, 11) is 0. The standard InChI is InChI=1S/C17H24O5/c1-4-14-11(2)15(21-12(3)18)16(17(19)22-14)20-10-13-8-6-5-7-9-13/h5-9,11,14-17,19H,4,10H2,1-3H3/t11-,14-,15+,16+,17+/m1/s1. The van der Waals surface area contributed by atoms with Crippen molar-refractivity contribution in [1.82, 2.24) is 0 Å². The SMILES string of the molecule is CC[C@H]1O[C@H](O)[C@@H](OCc2ccccc2)[C@@H](OC(C)=O)[C@@H]1C. The monoisotopic (exact) mass is 308 g/mol. The van der Waals surface area contributed by atoms with Gasteiger partial charge in [-0.2, -0.15) is 0 Å². The first-order chi connectivity index (χ1) is 10.5. The zero-order valence-corrected chi connectivity index (χ0v) is 13.3. The molecule has 2 rings (SSSR count). The van der Waals surface area contributed by atoms with Crippen LogP contribution in [0.2, 0.25) is 0 Å². The second-order valence-electron chi connectivity index (χ2n) is 5.67. The van der Waals surface area contributed by atoms with E-state index in [-0.39, 0.29) is 18.0 Å². The van der Waals surface area contributed by atoms with Gasteiger partial charge in [-0.05, 0) is 12.0 Å². The fourth-order valence-corrected chi connectivity index (χ4v) is 2.83. The lowest BCUT2D eigenvalue weighted by atomic mass is 9.89. The van der Waals surface area contributed by atoms with Gasteiger partial charge in [0.15, 0.2) is 6.29 Å². The quantitative estimate of drug-likeness (QED) is 0.845. The molecule has 0 bridgehead atoms. The minimum atomic E-state index is -1.10. The number of aliphatic hydroxyl groups is 1. The van der Waals surface area contributed by atoms with Crippen molar-refractivity contribution in [2.45, 2.75) is 58.4 Å². The molecule has 5 atom stereocenters. The summed E-state index contributed by atoms with van der Waals surface area (Å²) in [6.45, 7) is 5.62. The summed E-state index contributed by atoms with van der Waals surface area (Å²) in [5, 5.41) is 10.2. The van der Waals surface area contributed by atoms with Crippen LogP contribution in [-0.2, 0) is 25.6 Å². The third kappa shape index (κ3) is 4.06. The average molecular weight is 308 g/mol. The normalized spacial score (nSPS) is 31.7. The van der Waals surface area contributed by atoms with Crippen molar-refractivity contribution in [1.29, 1.82) is 0 Å². The molecule has 5 nitrogen and oxygen atoms in total. The summed E-state index contributed by atoms with van der Waals surface area (Å²) >= 11 is 0. The first-order valence-corrected chi connectivity index (χ1v) is 7.69. The highest BCUT2D eigenvalue weighted by atomic mass is 16.7. The van der Waals surface area contributed by atoms with E-state index in [4.69, 9.17) is 14.2 Å². The summed E-state index contributed by atoms with van der Waals surface area (Å²) in [4.78, 5) is 11.4. The van der Waals surface area contributed by atoms with Crippen LogP contribution in [0.15, 0.2) is 30.3 Å². The summed E-state index contributed by atoms with van der Waals surface area (Å²) in [6.07, 6.45) is -1.73. The maximum absolute atomic E-state index is 11.4. The molecule has 0 unspecified atom stereocenters. The number of benzene rings is 1. The highest BCUT2D eigenvalue weighted by Gasteiger charge is 2.45. The molecule has 1 aliphatic heterocycles. The minimum absolute atomic E-state index is 0.0435. The van der Waals surface area contributed by atoms with Gasteiger partial charge in [0.05, 0.1) is 12.7 Å². The van der Waals surface area contributed by atoms with E-state index in [1.54, 1.807) is 0 Å². The molecule has 5 heteroatoms. The van der Waals surface area contributed by atoms with Crippen molar-refractivity contribution in [3.8, 4) is 0 Å². The summed E-state index contributed by atoms with van der Waals surface area (Å²) in [5.41, 5.74) is 0.988. The number of carbonyl (C=O) groups excluding carboxylic acids is 1. The topological polar surface area (TPSA) is 65.0 Å². The van der Waals surface area contributed by atoms with E-state index < -0.39 is 18.5 Å². The molecular formula is C17H24O5. The van der Waals surface area contributed by atoms with Gasteiger partial charge in [-0.3, -0.25) is 4.79 Å². The lowest BCUT2D eigenvalue weighted by molar-refractivity contribution is -0.283. The van der Waals surface area contributed by atoms with Gasteiger partial charge < -0.3 is 19.3 Å². The van der Waals surface area contributed by atoms with Crippen molar-refractivity contribution in [2.24, 2.45) is 5.92 Å². The van der Waals surface area contributed by atoms with Crippen LogP contribution in [0.25, 0.3) is 0 Å². The molecule has 1 N–H and O–H groups in total. The van der Waals surface area contributed by atoms with Gasteiger partial charge in [0, 0.05) is 12.8 Å². The Morgan fingerprint density at radius 3 is 2.55 bits per heavy atom. The number of rotatable bonds is 5. The largest absolute Gasteiger partial charge is 0.459 e. The van der Waals surface area contributed by atoms with Crippen LogP contribution >= 0.6 is 0 Å². The van der Waals surface area contributed by atoms with Crippen LogP contribution in [0.5, 0.6) is 0 Å². The Morgan fingerprint density at radius 1 is 1.27 bits per heavy atom. The van der Waals surface area contributed by atoms with Gasteiger partial charge in [-0.1, -0.05) is 44.2 Å². The number of ether oxygens (including phenoxy) is 3. The fourth-order valence-electron chi connectivity index (χ4n) is 2.83. The lowest BCUT2D eigenvalue weighted by Gasteiger charge is -2.42. The molecule has 1 heterocycles. The molecule has 0 aliphatic carbocycles. The number of esters is 1. The molecule has 0 aromatic heterocycles. The fraction of sp³-hybridized carbons (Fsp3) is 0.588. The maximum atomic E-state index is 11.4. The number of aliphatic hydroxyl groups excluding tert-OH is 1. The Kier molecular flexibility index (Phi) is 5.94. The third-order valence-electron chi connectivity index (χ3n) is 4.01. The Hall–Kier alpha value is -1.43. The van der Waals surface area contributed by atoms with E-state index in [0.717, 1.165) is 12.0 Å². The molecule has 1 aromatic rings. The molecule has 1 aliphatic rings. The van der Waals surface area contributed by atoms with Crippen molar-refractivity contribution in [3.63, 3.8) is 0 Å².